The summed E-state index contributed by atoms with van der Waals surface area (Å²) in [5.74, 6) is 3.68. The third-order valence-corrected chi connectivity index (χ3v) is 5.79. The minimum atomic E-state index is 0.345. The lowest BCUT2D eigenvalue weighted by molar-refractivity contribution is 0.296. The summed E-state index contributed by atoms with van der Waals surface area (Å²) in [7, 11) is 0. The van der Waals surface area contributed by atoms with Crippen LogP contribution in [0.25, 0.3) is 0 Å². The SMILES string of the molecule is C=CCC/C=C/SCCCCCCCCCCCSCCCO. The first-order chi connectivity index (χ1) is 11.4. The monoisotopic (exact) mass is 358 g/mol. The Hall–Kier alpha value is 0.140. The zero-order valence-electron chi connectivity index (χ0n) is 15.0. The summed E-state index contributed by atoms with van der Waals surface area (Å²) in [6.07, 6.45) is 20.0. The molecule has 0 aromatic heterocycles. The van der Waals surface area contributed by atoms with Crippen LogP contribution in [0.15, 0.2) is 24.1 Å². The van der Waals surface area contributed by atoms with Gasteiger partial charge in [0.15, 0.2) is 0 Å². The van der Waals surface area contributed by atoms with E-state index in [0.29, 0.717) is 6.61 Å². The van der Waals surface area contributed by atoms with E-state index in [4.69, 9.17) is 5.11 Å². The van der Waals surface area contributed by atoms with Crippen molar-refractivity contribution in [3.05, 3.63) is 24.1 Å². The molecule has 0 rings (SSSR count). The van der Waals surface area contributed by atoms with Gasteiger partial charge in [-0.05, 0) is 54.8 Å². The Morgan fingerprint density at radius 3 is 1.87 bits per heavy atom. The number of rotatable bonds is 19. The zero-order valence-corrected chi connectivity index (χ0v) is 16.6. The highest BCUT2D eigenvalue weighted by atomic mass is 32.2. The molecular weight excluding hydrogens is 320 g/mol. The average Bonchev–Trinajstić information content (AvgIpc) is 2.57. The molecule has 0 bridgehead atoms. The van der Waals surface area contributed by atoms with Crippen molar-refractivity contribution < 1.29 is 5.11 Å². The predicted octanol–water partition coefficient (Wildman–Crippen LogP) is 6.83. The van der Waals surface area contributed by atoms with Crippen molar-refractivity contribution in [3.8, 4) is 0 Å². The van der Waals surface area contributed by atoms with Crippen LogP contribution in [0.1, 0.15) is 77.0 Å². The molecule has 0 aromatic carbocycles. The van der Waals surface area contributed by atoms with Crippen LogP contribution in [0.2, 0.25) is 0 Å². The lowest BCUT2D eigenvalue weighted by atomic mass is 10.1. The van der Waals surface area contributed by atoms with Crippen LogP contribution in [-0.2, 0) is 0 Å². The molecule has 23 heavy (non-hydrogen) atoms. The van der Waals surface area contributed by atoms with Gasteiger partial charge >= 0.3 is 0 Å². The Labute approximate surface area is 153 Å². The molecule has 0 aromatic rings. The average molecular weight is 359 g/mol. The largest absolute Gasteiger partial charge is 0.396 e. The smallest absolute Gasteiger partial charge is 0.0438 e. The molecule has 0 radical (unpaired) electrons. The fraction of sp³-hybridized carbons (Fsp3) is 0.800. The maximum atomic E-state index is 8.69. The second-order valence-electron chi connectivity index (χ2n) is 5.98. The third-order valence-electron chi connectivity index (χ3n) is 3.73. The molecule has 0 fully saturated rings. The molecule has 1 nitrogen and oxygen atoms in total. The Morgan fingerprint density at radius 1 is 0.696 bits per heavy atom. The van der Waals surface area contributed by atoms with Gasteiger partial charge in [-0.25, -0.2) is 0 Å². The van der Waals surface area contributed by atoms with Crippen LogP contribution in [0.4, 0.5) is 0 Å². The molecule has 0 aliphatic heterocycles. The van der Waals surface area contributed by atoms with Gasteiger partial charge in [-0.15, -0.1) is 18.3 Å². The first-order valence-electron chi connectivity index (χ1n) is 9.48. The first kappa shape index (κ1) is 23.1. The van der Waals surface area contributed by atoms with E-state index >= 15 is 0 Å². The van der Waals surface area contributed by atoms with Gasteiger partial charge in [0.2, 0.25) is 0 Å². The van der Waals surface area contributed by atoms with Crippen molar-refractivity contribution in [1.29, 1.82) is 0 Å². The normalized spacial score (nSPS) is 11.3. The second kappa shape index (κ2) is 22.1. The van der Waals surface area contributed by atoms with Crippen LogP contribution in [0, 0.1) is 0 Å². The van der Waals surface area contributed by atoms with E-state index in [-0.39, 0.29) is 0 Å². The molecule has 1 N–H and O–H groups in total. The predicted molar refractivity (Wildman–Crippen MR) is 112 cm³/mol. The zero-order chi connectivity index (χ0) is 16.8. The topological polar surface area (TPSA) is 20.2 Å². The van der Waals surface area contributed by atoms with Gasteiger partial charge in [-0.3, -0.25) is 0 Å². The van der Waals surface area contributed by atoms with Crippen molar-refractivity contribution >= 4 is 23.5 Å². The lowest BCUT2D eigenvalue weighted by Crippen LogP contribution is -1.88. The maximum absolute atomic E-state index is 8.69. The number of allylic oxidation sites excluding steroid dienone is 2. The molecule has 136 valence electrons. The summed E-state index contributed by atoms with van der Waals surface area (Å²) in [5, 5.41) is 10.9. The first-order valence-corrected chi connectivity index (χ1v) is 11.7. The molecule has 0 aliphatic rings. The van der Waals surface area contributed by atoms with Crippen LogP contribution < -0.4 is 0 Å². The number of hydrogen-bond acceptors (Lipinski definition) is 3. The standard InChI is InChI=1S/C20H38OS2/c1-2-3-4-12-17-22-18-13-10-8-6-5-7-9-11-14-19-23-20-15-16-21/h2,12,17,21H,1,3-11,13-16,18-20H2/b17-12+. The molecule has 0 unspecified atom stereocenters. The molecule has 0 spiro atoms. The van der Waals surface area contributed by atoms with Crippen molar-refractivity contribution in [2.24, 2.45) is 0 Å². The summed E-state index contributed by atoms with van der Waals surface area (Å²) >= 11 is 3.95. The molecule has 0 heterocycles. The van der Waals surface area contributed by atoms with Crippen molar-refractivity contribution in [3.63, 3.8) is 0 Å². The van der Waals surface area contributed by atoms with Crippen molar-refractivity contribution in [2.75, 3.05) is 23.9 Å². The van der Waals surface area contributed by atoms with Gasteiger partial charge in [0, 0.05) is 6.61 Å². The number of aliphatic hydroxyl groups excluding tert-OH is 1. The number of hydrogen-bond donors (Lipinski definition) is 1. The van der Waals surface area contributed by atoms with Gasteiger partial charge in [0.25, 0.3) is 0 Å². The molecule has 0 saturated heterocycles. The molecule has 0 amide bonds. The molecular formula is C20H38OS2. The molecule has 0 atom stereocenters. The highest BCUT2D eigenvalue weighted by molar-refractivity contribution is 8.02. The summed E-state index contributed by atoms with van der Waals surface area (Å²) in [4.78, 5) is 0. The van der Waals surface area contributed by atoms with Gasteiger partial charge in [-0.2, -0.15) is 11.8 Å². The third kappa shape index (κ3) is 22.1. The minimum absolute atomic E-state index is 0.345. The highest BCUT2D eigenvalue weighted by Gasteiger charge is 1.94. The van der Waals surface area contributed by atoms with Crippen LogP contribution in [0.3, 0.4) is 0 Å². The van der Waals surface area contributed by atoms with Gasteiger partial charge < -0.3 is 5.11 Å². The lowest BCUT2D eigenvalue weighted by Gasteiger charge is -2.03. The summed E-state index contributed by atoms with van der Waals surface area (Å²) < 4.78 is 0. The Balaban J connectivity index is 3.00. The van der Waals surface area contributed by atoms with Crippen LogP contribution in [0.5, 0.6) is 0 Å². The molecule has 3 heteroatoms. The number of aliphatic hydroxyl groups is 1. The maximum Gasteiger partial charge on any atom is 0.0438 e. The van der Waals surface area contributed by atoms with Gasteiger partial charge in [0.1, 0.15) is 0 Å². The van der Waals surface area contributed by atoms with E-state index in [1.807, 2.05) is 29.6 Å². The second-order valence-corrected chi connectivity index (χ2v) is 8.22. The van der Waals surface area contributed by atoms with E-state index in [1.54, 1.807) is 0 Å². The van der Waals surface area contributed by atoms with Gasteiger partial charge in [0.05, 0.1) is 0 Å². The Morgan fingerprint density at radius 2 is 1.26 bits per heavy atom. The number of thioether (sulfide) groups is 2. The highest BCUT2D eigenvalue weighted by Crippen LogP contribution is 2.14. The van der Waals surface area contributed by atoms with E-state index < -0.39 is 0 Å². The van der Waals surface area contributed by atoms with Crippen LogP contribution in [-0.4, -0.2) is 29.0 Å². The molecule has 0 aliphatic carbocycles. The van der Waals surface area contributed by atoms with Gasteiger partial charge in [-0.1, -0.05) is 57.1 Å². The Kier molecular flexibility index (Phi) is 22.3. The van der Waals surface area contributed by atoms with Crippen molar-refractivity contribution in [2.45, 2.75) is 77.0 Å². The van der Waals surface area contributed by atoms with Crippen LogP contribution >= 0.6 is 23.5 Å². The minimum Gasteiger partial charge on any atom is -0.396 e. The van der Waals surface area contributed by atoms with E-state index in [0.717, 1.165) is 25.0 Å². The molecule has 0 saturated carbocycles. The van der Waals surface area contributed by atoms with E-state index in [1.165, 1.54) is 69.3 Å². The quantitative estimate of drug-likeness (QED) is 0.202. The fourth-order valence-electron chi connectivity index (χ4n) is 2.31. The van der Waals surface area contributed by atoms with E-state index in [2.05, 4.69) is 18.1 Å². The number of unbranched alkanes of at least 4 members (excludes halogenated alkanes) is 9. The summed E-state index contributed by atoms with van der Waals surface area (Å²) in [5.41, 5.74) is 0. The van der Waals surface area contributed by atoms with Crippen molar-refractivity contribution in [1.82, 2.24) is 0 Å². The summed E-state index contributed by atoms with van der Waals surface area (Å²) in [6.45, 7) is 4.07. The summed E-state index contributed by atoms with van der Waals surface area (Å²) in [6, 6.07) is 0. The van der Waals surface area contributed by atoms with E-state index in [9.17, 15) is 0 Å². The Bertz CT molecular complexity index is 254. The fourth-order valence-corrected chi connectivity index (χ4v) is 4.04.